The zero-order valence-corrected chi connectivity index (χ0v) is 15.8. The molecule has 1 saturated heterocycles. The van der Waals surface area contributed by atoms with E-state index in [1.165, 1.54) is 49.9 Å². The molecule has 3 atom stereocenters. The van der Waals surface area contributed by atoms with Crippen molar-refractivity contribution in [3.63, 3.8) is 0 Å². The predicted octanol–water partition coefficient (Wildman–Crippen LogP) is 5.74. The van der Waals surface area contributed by atoms with Gasteiger partial charge in [-0.15, -0.1) is 0 Å². The Kier molecular flexibility index (Phi) is 5.18. The van der Waals surface area contributed by atoms with Gasteiger partial charge in [-0.05, 0) is 86.7 Å². The molecule has 0 N–H and O–H groups in total. The Morgan fingerprint density at radius 2 is 2.17 bits per heavy atom. The number of allylic oxidation sites excluding steroid dienone is 1. The Bertz CT molecular complexity index is 604. The number of aryl methyl sites for hydroxylation is 1. The fourth-order valence-electron chi connectivity index (χ4n) is 4.52. The second kappa shape index (κ2) is 6.99. The first-order chi connectivity index (χ1) is 11.0. The van der Waals surface area contributed by atoms with E-state index in [9.17, 15) is 0 Å². The van der Waals surface area contributed by atoms with Crippen molar-refractivity contribution in [1.82, 2.24) is 4.90 Å². The van der Waals surface area contributed by atoms with E-state index in [2.05, 4.69) is 50.8 Å². The molecule has 0 bridgehead atoms. The van der Waals surface area contributed by atoms with Gasteiger partial charge in [-0.2, -0.15) is 0 Å². The van der Waals surface area contributed by atoms with E-state index < -0.39 is 0 Å². The van der Waals surface area contributed by atoms with Crippen molar-refractivity contribution < 1.29 is 0 Å². The molecule has 0 unspecified atom stereocenters. The quantitative estimate of drug-likeness (QED) is 0.638. The highest BCUT2D eigenvalue weighted by Gasteiger charge is 2.36. The van der Waals surface area contributed by atoms with Crippen molar-refractivity contribution in [2.75, 3.05) is 13.1 Å². The van der Waals surface area contributed by atoms with Crippen LogP contribution in [0, 0.1) is 12.8 Å². The van der Waals surface area contributed by atoms with Gasteiger partial charge < -0.3 is 0 Å². The van der Waals surface area contributed by atoms with Crippen LogP contribution < -0.4 is 0 Å². The molecule has 0 aromatic heterocycles. The van der Waals surface area contributed by atoms with Crippen molar-refractivity contribution in [2.24, 2.45) is 5.92 Å². The molecule has 1 fully saturated rings. The van der Waals surface area contributed by atoms with Crippen LogP contribution in [-0.4, -0.2) is 24.0 Å². The zero-order valence-electron chi connectivity index (χ0n) is 15.0. The summed E-state index contributed by atoms with van der Waals surface area (Å²) in [6, 6.07) is 4.99. The SMILES string of the molecule is CC/C(C)=C/[C@@H]1CCCN([C@H]2Cc3c(C)cc(Cl)cc3[C@@H]2C)C1. The van der Waals surface area contributed by atoms with Gasteiger partial charge in [0.1, 0.15) is 0 Å². The number of hydrogen-bond donors (Lipinski definition) is 0. The van der Waals surface area contributed by atoms with Crippen LogP contribution in [0.25, 0.3) is 0 Å². The molecule has 3 rings (SSSR count). The normalized spacial score (nSPS) is 28.9. The van der Waals surface area contributed by atoms with Gasteiger partial charge in [0.2, 0.25) is 0 Å². The summed E-state index contributed by atoms with van der Waals surface area (Å²) in [5.41, 5.74) is 5.95. The van der Waals surface area contributed by atoms with E-state index in [-0.39, 0.29) is 0 Å². The largest absolute Gasteiger partial charge is 0.299 e. The highest BCUT2D eigenvalue weighted by molar-refractivity contribution is 6.30. The molecule has 0 amide bonds. The number of likely N-dealkylation sites (tertiary alicyclic amines) is 1. The van der Waals surface area contributed by atoms with Crippen LogP contribution in [0.3, 0.4) is 0 Å². The zero-order chi connectivity index (χ0) is 16.6. The molecule has 1 aliphatic heterocycles. The number of piperidine rings is 1. The standard InChI is InChI=1S/C21H30ClN/c1-5-14(2)9-17-7-6-8-23(13-17)21-12-19-15(3)10-18(22)11-20(19)16(21)4/h9-11,16-17,21H,5-8,12-13H2,1-4H3/b14-9+/t16-,17-,21-/m0/s1. The van der Waals surface area contributed by atoms with E-state index in [0.717, 1.165) is 10.9 Å². The highest BCUT2D eigenvalue weighted by atomic mass is 35.5. The third kappa shape index (κ3) is 3.51. The van der Waals surface area contributed by atoms with Gasteiger partial charge in [0.15, 0.2) is 0 Å². The topological polar surface area (TPSA) is 3.24 Å². The first-order valence-corrected chi connectivity index (χ1v) is 9.57. The van der Waals surface area contributed by atoms with Gasteiger partial charge in [-0.1, -0.05) is 37.1 Å². The summed E-state index contributed by atoms with van der Waals surface area (Å²) in [4.78, 5) is 2.76. The van der Waals surface area contributed by atoms with Gasteiger partial charge in [0, 0.05) is 17.6 Å². The molecule has 2 aliphatic rings. The summed E-state index contributed by atoms with van der Waals surface area (Å²) in [7, 11) is 0. The smallest absolute Gasteiger partial charge is 0.0411 e. The molecule has 1 heterocycles. The lowest BCUT2D eigenvalue weighted by atomic mass is 9.91. The molecule has 2 heteroatoms. The summed E-state index contributed by atoms with van der Waals surface area (Å²) in [5, 5.41) is 0.895. The van der Waals surface area contributed by atoms with Crippen LogP contribution in [0.4, 0.5) is 0 Å². The van der Waals surface area contributed by atoms with Gasteiger partial charge in [-0.25, -0.2) is 0 Å². The number of nitrogens with zero attached hydrogens (tertiary/aromatic N) is 1. The summed E-state index contributed by atoms with van der Waals surface area (Å²) < 4.78 is 0. The Balaban J connectivity index is 1.77. The predicted molar refractivity (Wildman–Crippen MR) is 100 cm³/mol. The maximum absolute atomic E-state index is 6.30. The average molecular weight is 332 g/mol. The molecule has 1 nitrogen and oxygen atoms in total. The summed E-state index contributed by atoms with van der Waals surface area (Å²) >= 11 is 6.30. The fourth-order valence-corrected chi connectivity index (χ4v) is 4.80. The van der Waals surface area contributed by atoms with E-state index >= 15 is 0 Å². The van der Waals surface area contributed by atoms with Gasteiger partial charge >= 0.3 is 0 Å². The molecule has 1 aliphatic carbocycles. The van der Waals surface area contributed by atoms with Crippen LogP contribution >= 0.6 is 11.6 Å². The second-order valence-corrected chi connectivity index (χ2v) is 8.05. The van der Waals surface area contributed by atoms with Crippen molar-refractivity contribution in [1.29, 1.82) is 0 Å². The Labute approximate surface area is 146 Å². The number of rotatable bonds is 3. The molecule has 126 valence electrons. The Morgan fingerprint density at radius 3 is 2.91 bits per heavy atom. The highest BCUT2D eigenvalue weighted by Crippen LogP contribution is 2.40. The van der Waals surface area contributed by atoms with E-state index in [4.69, 9.17) is 11.6 Å². The lowest BCUT2D eigenvalue weighted by molar-refractivity contribution is 0.130. The molecule has 0 radical (unpaired) electrons. The summed E-state index contributed by atoms with van der Waals surface area (Å²) in [6.07, 6.45) is 7.59. The minimum atomic E-state index is 0.595. The van der Waals surface area contributed by atoms with Gasteiger partial charge in [0.05, 0.1) is 0 Å². The molecule has 1 aromatic rings. The maximum atomic E-state index is 6.30. The van der Waals surface area contributed by atoms with Crippen LogP contribution in [0.5, 0.6) is 0 Å². The Hall–Kier alpha value is -0.790. The van der Waals surface area contributed by atoms with Crippen molar-refractivity contribution in [3.05, 3.63) is 45.5 Å². The number of fused-ring (bicyclic) bond motifs is 1. The van der Waals surface area contributed by atoms with Crippen molar-refractivity contribution in [2.45, 2.75) is 65.3 Å². The van der Waals surface area contributed by atoms with Crippen molar-refractivity contribution in [3.8, 4) is 0 Å². The van der Waals surface area contributed by atoms with Gasteiger partial charge in [-0.3, -0.25) is 4.90 Å². The number of benzene rings is 1. The van der Waals surface area contributed by atoms with Crippen LogP contribution in [0.1, 0.15) is 62.6 Å². The van der Waals surface area contributed by atoms with Crippen LogP contribution in [-0.2, 0) is 6.42 Å². The molecule has 0 spiro atoms. The third-order valence-electron chi connectivity index (χ3n) is 5.99. The summed E-state index contributed by atoms with van der Waals surface area (Å²) in [5.74, 6) is 1.33. The molecule has 0 saturated carbocycles. The minimum Gasteiger partial charge on any atom is -0.299 e. The fraction of sp³-hybridized carbons (Fsp3) is 0.619. The van der Waals surface area contributed by atoms with Crippen molar-refractivity contribution >= 4 is 11.6 Å². The first-order valence-electron chi connectivity index (χ1n) is 9.19. The molecule has 23 heavy (non-hydrogen) atoms. The third-order valence-corrected chi connectivity index (χ3v) is 6.21. The molecular formula is C21H30ClN. The lowest BCUT2D eigenvalue weighted by Crippen LogP contribution is -2.44. The van der Waals surface area contributed by atoms with Crippen LogP contribution in [0.15, 0.2) is 23.8 Å². The minimum absolute atomic E-state index is 0.595. The summed E-state index contributed by atoms with van der Waals surface area (Å²) in [6.45, 7) is 11.6. The Morgan fingerprint density at radius 1 is 1.39 bits per heavy atom. The van der Waals surface area contributed by atoms with E-state index in [0.29, 0.717) is 12.0 Å². The lowest BCUT2D eigenvalue weighted by Gasteiger charge is -2.38. The first kappa shape index (κ1) is 17.0. The van der Waals surface area contributed by atoms with E-state index in [1.54, 1.807) is 11.1 Å². The van der Waals surface area contributed by atoms with E-state index in [1.807, 2.05) is 0 Å². The molecule has 1 aromatic carbocycles. The van der Waals surface area contributed by atoms with Crippen LogP contribution in [0.2, 0.25) is 5.02 Å². The number of halogens is 1. The van der Waals surface area contributed by atoms with Gasteiger partial charge in [0.25, 0.3) is 0 Å². The molecular weight excluding hydrogens is 302 g/mol. The second-order valence-electron chi connectivity index (χ2n) is 7.61. The monoisotopic (exact) mass is 331 g/mol. The number of hydrogen-bond acceptors (Lipinski definition) is 1. The maximum Gasteiger partial charge on any atom is 0.0411 e. The average Bonchev–Trinajstić information content (AvgIpc) is 2.85.